The van der Waals surface area contributed by atoms with Crippen LogP contribution in [0.5, 0.6) is 0 Å². The van der Waals surface area contributed by atoms with Crippen LogP contribution in [-0.4, -0.2) is 40.6 Å². The number of hydrogen-bond acceptors (Lipinski definition) is 3. The van der Waals surface area contributed by atoms with Gasteiger partial charge in [-0.05, 0) is 45.2 Å². The van der Waals surface area contributed by atoms with Crippen molar-refractivity contribution in [3.05, 3.63) is 35.4 Å². The first-order chi connectivity index (χ1) is 10.3. The summed E-state index contributed by atoms with van der Waals surface area (Å²) in [6.45, 7) is 11.2. The van der Waals surface area contributed by atoms with Crippen LogP contribution in [-0.2, 0) is 11.3 Å². The number of aryl methyl sites for hydroxylation is 1. The van der Waals surface area contributed by atoms with Gasteiger partial charge in [0.05, 0.1) is 12.6 Å². The Labute approximate surface area is 134 Å². The van der Waals surface area contributed by atoms with E-state index in [9.17, 15) is 9.90 Å². The Bertz CT molecular complexity index is 480. The van der Waals surface area contributed by atoms with Gasteiger partial charge < -0.3 is 10.4 Å². The first kappa shape index (κ1) is 18.7. The zero-order chi connectivity index (χ0) is 16.8. The maximum Gasteiger partial charge on any atom is 0.237 e. The highest BCUT2D eigenvalue weighted by atomic mass is 16.3. The van der Waals surface area contributed by atoms with Gasteiger partial charge in [0.2, 0.25) is 5.91 Å². The molecule has 1 aromatic carbocycles. The van der Waals surface area contributed by atoms with Crippen molar-refractivity contribution >= 4 is 5.91 Å². The minimum absolute atomic E-state index is 0.0250. The third-order valence-electron chi connectivity index (χ3n) is 3.65. The van der Waals surface area contributed by atoms with Crippen molar-refractivity contribution in [2.24, 2.45) is 0 Å². The fraction of sp³-hybridized carbons (Fsp3) is 0.611. The van der Waals surface area contributed by atoms with Crippen molar-refractivity contribution in [2.45, 2.75) is 59.2 Å². The summed E-state index contributed by atoms with van der Waals surface area (Å²) in [5.41, 5.74) is 2.15. The van der Waals surface area contributed by atoms with E-state index in [0.29, 0.717) is 19.5 Å². The summed E-state index contributed by atoms with van der Waals surface area (Å²) in [5.74, 6) is 0.0250. The van der Waals surface area contributed by atoms with E-state index in [2.05, 4.69) is 29.3 Å². The highest BCUT2D eigenvalue weighted by Gasteiger charge is 2.27. The second kappa shape index (κ2) is 8.30. The number of rotatable bonds is 7. The first-order valence-electron chi connectivity index (χ1n) is 8.00. The standard InChI is InChI=1S/C18H30N2O2/c1-6-16(17(22)19-18(3,4)5)20(11-12-21)13-15-10-8-7-9-14(15)2/h7-10,16,21H,6,11-13H2,1-5H3,(H,19,22). The highest BCUT2D eigenvalue weighted by Crippen LogP contribution is 2.15. The largest absolute Gasteiger partial charge is 0.395 e. The molecule has 0 aliphatic heterocycles. The molecule has 22 heavy (non-hydrogen) atoms. The SMILES string of the molecule is CCC(C(=O)NC(C)(C)C)N(CCO)Cc1ccccc1C. The third-order valence-corrected chi connectivity index (χ3v) is 3.65. The minimum atomic E-state index is -0.252. The van der Waals surface area contributed by atoms with Gasteiger partial charge in [-0.15, -0.1) is 0 Å². The van der Waals surface area contributed by atoms with E-state index in [0.717, 1.165) is 0 Å². The summed E-state index contributed by atoms with van der Waals surface area (Å²) in [4.78, 5) is 14.6. The molecule has 0 radical (unpaired) electrons. The Morgan fingerprint density at radius 3 is 2.45 bits per heavy atom. The number of nitrogens with zero attached hydrogens (tertiary/aromatic N) is 1. The molecule has 0 aliphatic rings. The fourth-order valence-electron chi connectivity index (χ4n) is 2.54. The molecule has 1 aromatic rings. The molecular formula is C18H30N2O2. The number of aliphatic hydroxyl groups is 1. The van der Waals surface area contributed by atoms with Gasteiger partial charge in [-0.25, -0.2) is 0 Å². The Balaban J connectivity index is 2.91. The molecule has 0 aromatic heterocycles. The van der Waals surface area contributed by atoms with Gasteiger partial charge in [-0.2, -0.15) is 0 Å². The normalized spacial score (nSPS) is 13.2. The molecule has 1 unspecified atom stereocenters. The molecule has 0 heterocycles. The summed E-state index contributed by atoms with van der Waals surface area (Å²) in [6.07, 6.45) is 0.716. The molecule has 0 aliphatic carbocycles. The molecule has 1 rings (SSSR count). The minimum Gasteiger partial charge on any atom is -0.395 e. The van der Waals surface area contributed by atoms with E-state index in [-0.39, 0.29) is 24.1 Å². The van der Waals surface area contributed by atoms with Gasteiger partial charge in [-0.3, -0.25) is 9.69 Å². The van der Waals surface area contributed by atoms with Gasteiger partial charge in [0.1, 0.15) is 0 Å². The molecule has 0 saturated carbocycles. The maximum atomic E-state index is 12.5. The lowest BCUT2D eigenvalue weighted by Crippen LogP contribution is -2.52. The number of benzene rings is 1. The van der Waals surface area contributed by atoms with E-state index in [1.807, 2.05) is 39.8 Å². The van der Waals surface area contributed by atoms with Gasteiger partial charge in [-0.1, -0.05) is 31.2 Å². The van der Waals surface area contributed by atoms with Crippen LogP contribution < -0.4 is 5.32 Å². The number of carbonyl (C=O) groups is 1. The summed E-state index contributed by atoms with van der Waals surface area (Å²) in [7, 11) is 0. The van der Waals surface area contributed by atoms with Gasteiger partial charge in [0, 0.05) is 18.6 Å². The van der Waals surface area contributed by atoms with Crippen LogP contribution in [0.2, 0.25) is 0 Å². The van der Waals surface area contributed by atoms with Crippen LogP contribution in [0.4, 0.5) is 0 Å². The molecule has 124 valence electrons. The van der Waals surface area contributed by atoms with Crippen molar-refractivity contribution in [3.8, 4) is 0 Å². The lowest BCUT2D eigenvalue weighted by Gasteiger charge is -2.32. The van der Waals surface area contributed by atoms with Crippen molar-refractivity contribution in [3.63, 3.8) is 0 Å². The van der Waals surface area contributed by atoms with Gasteiger partial charge in [0.25, 0.3) is 0 Å². The average molecular weight is 306 g/mol. The van der Waals surface area contributed by atoms with E-state index >= 15 is 0 Å². The number of amides is 1. The summed E-state index contributed by atoms with van der Waals surface area (Å²) < 4.78 is 0. The molecule has 0 fully saturated rings. The Morgan fingerprint density at radius 1 is 1.32 bits per heavy atom. The number of aliphatic hydroxyl groups excluding tert-OH is 1. The lowest BCUT2D eigenvalue weighted by atomic mass is 10.0. The van der Waals surface area contributed by atoms with Crippen molar-refractivity contribution in [1.82, 2.24) is 10.2 Å². The van der Waals surface area contributed by atoms with Crippen LogP contribution in [0.3, 0.4) is 0 Å². The monoisotopic (exact) mass is 306 g/mol. The third kappa shape index (κ3) is 5.78. The van der Waals surface area contributed by atoms with Gasteiger partial charge in [0.15, 0.2) is 0 Å². The topological polar surface area (TPSA) is 52.6 Å². The average Bonchev–Trinajstić information content (AvgIpc) is 2.40. The van der Waals surface area contributed by atoms with E-state index in [4.69, 9.17) is 0 Å². The molecule has 0 bridgehead atoms. The maximum absolute atomic E-state index is 12.5. The van der Waals surface area contributed by atoms with Crippen molar-refractivity contribution in [2.75, 3.05) is 13.2 Å². The Morgan fingerprint density at radius 2 is 1.95 bits per heavy atom. The fourth-order valence-corrected chi connectivity index (χ4v) is 2.54. The second-order valence-corrected chi connectivity index (χ2v) is 6.78. The first-order valence-corrected chi connectivity index (χ1v) is 8.00. The number of hydrogen-bond donors (Lipinski definition) is 2. The van der Waals surface area contributed by atoms with Crippen LogP contribution >= 0.6 is 0 Å². The number of nitrogens with one attached hydrogen (secondary N) is 1. The van der Waals surface area contributed by atoms with E-state index in [1.54, 1.807) is 0 Å². The summed E-state index contributed by atoms with van der Waals surface area (Å²) >= 11 is 0. The molecule has 1 amide bonds. The molecule has 0 spiro atoms. The highest BCUT2D eigenvalue weighted by molar-refractivity contribution is 5.82. The summed E-state index contributed by atoms with van der Waals surface area (Å²) in [6, 6.07) is 7.94. The molecule has 4 heteroatoms. The molecule has 2 N–H and O–H groups in total. The van der Waals surface area contributed by atoms with Crippen molar-refractivity contribution < 1.29 is 9.90 Å². The van der Waals surface area contributed by atoms with Crippen LogP contribution in [0.1, 0.15) is 45.2 Å². The summed E-state index contributed by atoms with van der Waals surface area (Å²) in [5, 5.41) is 12.4. The Kier molecular flexibility index (Phi) is 7.04. The smallest absolute Gasteiger partial charge is 0.237 e. The van der Waals surface area contributed by atoms with E-state index in [1.165, 1.54) is 11.1 Å². The second-order valence-electron chi connectivity index (χ2n) is 6.78. The van der Waals surface area contributed by atoms with Crippen LogP contribution in [0, 0.1) is 6.92 Å². The Hall–Kier alpha value is -1.39. The molecular weight excluding hydrogens is 276 g/mol. The molecule has 4 nitrogen and oxygen atoms in total. The zero-order valence-electron chi connectivity index (χ0n) is 14.5. The van der Waals surface area contributed by atoms with E-state index < -0.39 is 0 Å². The predicted molar refractivity (Wildman–Crippen MR) is 90.6 cm³/mol. The number of carbonyl (C=O) groups excluding carboxylic acids is 1. The molecule has 1 atom stereocenters. The van der Waals surface area contributed by atoms with Crippen molar-refractivity contribution in [1.29, 1.82) is 0 Å². The molecule has 0 saturated heterocycles. The van der Waals surface area contributed by atoms with Gasteiger partial charge >= 0.3 is 0 Å². The predicted octanol–water partition coefficient (Wildman–Crippen LogP) is 2.48. The zero-order valence-corrected chi connectivity index (χ0v) is 14.5. The van der Waals surface area contributed by atoms with Crippen LogP contribution in [0.25, 0.3) is 0 Å². The van der Waals surface area contributed by atoms with Crippen LogP contribution in [0.15, 0.2) is 24.3 Å². The lowest BCUT2D eigenvalue weighted by molar-refractivity contribution is -0.128. The quantitative estimate of drug-likeness (QED) is 0.814.